The van der Waals surface area contributed by atoms with Gasteiger partial charge in [0, 0.05) is 11.7 Å². The molecule has 22 heavy (non-hydrogen) atoms. The molecule has 0 saturated carbocycles. The van der Waals surface area contributed by atoms with E-state index in [1.54, 1.807) is 11.9 Å². The molecular formula is C16H24FN3O2. The van der Waals surface area contributed by atoms with Crippen molar-refractivity contribution < 1.29 is 14.0 Å². The normalized spacial score (nSPS) is 12.0. The fourth-order valence-electron chi connectivity index (χ4n) is 2.11. The molecule has 2 amide bonds. The summed E-state index contributed by atoms with van der Waals surface area (Å²) >= 11 is 0. The molecule has 1 aromatic carbocycles. The predicted molar refractivity (Wildman–Crippen MR) is 85.0 cm³/mol. The van der Waals surface area contributed by atoms with Crippen LogP contribution >= 0.6 is 0 Å². The van der Waals surface area contributed by atoms with Crippen molar-refractivity contribution in [1.82, 2.24) is 10.2 Å². The molecule has 1 unspecified atom stereocenters. The summed E-state index contributed by atoms with van der Waals surface area (Å²) < 4.78 is 12.8. The summed E-state index contributed by atoms with van der Waals surface area (Å²) in [4.78, 5) is 25.3. The molecular weight excluding hydrogens is 285 g/mol. The van der Waals surface area contributed by atoms with E-state index in [1.165, 1.54) is 24.3 Å². The van der Waals surface area contributed by atoms with Crippen molar-refractivity contribution in [1.29, 1.82) is 0 Å². The van der Waals surface area contributed by atoms with Gasteiger partial charge in [0.15, 0.2) is 0 Å². The number of nitrogens with one attached hydrogen (secondary N) is 2. The van der Waals surface area contributed by atoms with Crippen molar-refractivity contribution in [2.24, 2.45) is 0 Å². The van der Waals surface area contributed by atoms with Crippen molar-refractivity contribution in [3.8, 4) is 0 Å². The van der Waals surface area contributed by atoms with Crippen LogP contribution < -0.4 is 10.6 Å². The number of hydrogen-bond acceptors (Lipinski definition) is 3. The summed E-state index contributed by atoms with van der Waals surface area (Å²) in [6.07, 6.45) is 1.94. The third-order valence-electron chi connectivity index (χ3n) is 3.08. The fourth-order valence-corrected chi connectivity index (χ4v) is 2.11. The lowest BCUT2D eigenvalue weighted by atomic mass is 10.2. The molecule has 6 heteroatoms. The highest BCUT2D eigenvalue weighted by atomic mass is 19.1. The van der Waals surface area contributed by atoms with Gasteiger partial charge in [-0.15, -0.1) is 0 Å². The second kappa shape index (κ2) is 9.15. The van der Waals surface area contributed by atoms with Gasteiger partial charge in [0.25, 0.3) is 0 Å². The number of nitrogens with zero attached hydrogens (tertiary/aromatic N) is 1. The zero-order chi connectivity index (χ0) is 16.5. The molecule has 2 N–H and O–H groups in total. The van der Waals surface area contributed by atoms with E-state index in [1.807, 2.05) is 6.92 Å². The van der Waals surface area contributed by atoms with E-state index in [-0.39, 0.29) is 36.8 Å². The van der Waals surface area contributed by atoms with Crippen LogP contribution in [-0.2, 0) is 9.59 Å². The molecule has 0 saturated heterocycles. The number of amides is 2. The van der Waals surface area contributed by atoms with Crippen LogP contribution in [0.15, 0.2) is 24.3 Å². The highest BCUT2D eigenvalue weighted by Gasteiger charge is 2.12. The van der Waals surface area contributed by atoms with Gasteiger partial charge >= 0.3 is 0 Å². The minimum atomic E-state index is -0.354. The minimum Gasteiger partial charge on any atom is -0.353 e. The zero-order valence-electron chi connectivity index (χ0n) is 13.4. The van der Waals surface area contributed by atoms with E-state index in [0.29, 0.717) is 5.69 Å². The molecule has 0 spiro atoms. The first kappa shape index (κ1) is 18.1. The third kappa shape index (κ3) is 7.17. The Morgan fingerprint density at radius 1 is 1.18 bits per heavy atom. The molecule has 0 aliphatic heterocycles. The second-order valence-electron chi connectivity index (χ2n) is 5.48. The number of carbonyl (C=O) groups excluding carboxylic acids is 2. The lowest BCUT2D eigenvalue weighted by Crippen LogP contribution is -2.41. The van der Waals surface area contributed by atoms with Gasteiger partial charge in [-0.2, -0.15) is 0 Å². The molecule has 122 valence electrons. The number of benzene rings is 1. The number of halogens is 1. The van der Waals surface area contributed by atoms with Gasteiger partial charge in [0.1, 0.15) is 5.82 Å². The van der Waals surface area contributed by atoms with Crippen LogP contribution in [0.2, 0.25) is 0 Å². The Hall–Kier alpha value is -1.95. The maximum Gasteiger partial charge on any atom is 0.238 e. The van der Waals surface area contributed by atoms with E-state index < -0.39 is 0 Å². The number of hydrogen-bond donors (Lipinski definition) is 2. The molecule has 0 fully saturated rings. The van der Waals surface area contributed by atoms with E-state index in [2.05, 4.69) is 17.6 Å². The molecule has 5 nitrogen and oxygen atoms in total. The Kier molecular flexibility index (Phi) is 7.52. The Balaban J connectivity index is 2.34. The van der Waals surface area contributed by atoms with Crippen molar-refractivity contribution in [3.05, 3.63) is 30.1 Å². The SMILES string of the molecule is CCCC(C)NC(=O)CN(C)CC(=O)Nc1ccc(F)cc1. The average Bonchev–Trinajstić information content (AvgIpc) is 2.40. The van der Waals surface area contributed by atoms with E-state index in [4.69, 9.17) is 0 Å². The summed E-state index contributed by atoms with van der Waals surface area (Å²) in [6.45, 7) is 4.27. The molecule has 0 bridgehead atoms. The average molecular weight is 309 g/mol. The van der Waals surface area contributed by atoms with Crippen LogP contribution in [0.3, 0.4) is 0 Å². The molecule has 1 aromatic rings. The molecule has 0 heterocycles. The molecule has 0 radical (unpaired) electrons. The first-order valence-electron chi connectivity index (χ1n) is 7.44. The summed E-state index contributed by atoms with van der Waals surface area (Å²) in [6, 6.07) is 5.68. The maximum atomic E-state index is 12.8. The van der Waals surface area contributed by atoms with Crippen LogP contribution in [0, 0.1) is 5.82 Å². The van der Waals surface area contributed by atoms with Crippen LogP contribution in [0.25, 0.3) is 0 Å². The predicted octanol–water partition coefficient (Wildman–Crippen LogP) is 2.00. The highest BCUT2D eigenvalue weighted by molar-refractivity contribution is 5.92. The van der Waals surface area contributed by atoms with Gasteiger partial charge in [0.2, 0.25) is 11.8 Å². The molecule has 1 rings (SSSR count). The van der Waals surface area contributed by atoms with Crippen molar-refractivity contribution >= 4 is 17.5 Å². The molecule has 0 aliphatic rings. The lowest BCUT2D eigenvalue weighted by molar-refractivity contribution is -0.123. The smallest absolute Gasteiger partial charge is 0.238 e. The maximum absolute atomic E-state index is 12.8. The van der Waals surface area contributed by atoms with Crippen LogP contribution in [0.1, 0.15) is 26.7 Å². The first-order valence-corrected chi connectivity index (χ1v) is 7.44. The van der Waals surface area contributed by atoms with E-state index in [0.717, 1.165) is 12.8 Å². The molecule has 0 aliphatic carbocycles. The van der Waals surface area contributed by atoms with Gasteiger partial charge < -0.3 is 10.6 Å². The first-order chi connectivity index (χ1) is 10.4. The van der Waals surface area contributed by atoms with Gasteiger partial charge in [-0.3, -0.25) is 14.5 Å². The van der Waals surface area contributed by atoms with Crippen molar-refractivity contribution in [2.75, 3.05) is 25.5 Å². The second-order valence-corrected chi connectivity index (χ2v) is 5.48. The van der Waals surface area contributed by atoms with Gasteiger partial charge in [-0.1, -0.05) is 13.3 Å². The highest BCUT2D eigenvalue weighted by Crippen LogP contribution is 2.07. The number of rotatable bonds is 8. The standard InChI is InChI=1S/C16H24FN3O2/c1-4-5-12(2)18-15(21)10-20(3)11-16(22)19-14-8-6-13(17)7-9-14/h6-9,12H,4-5,10-11H2,1-3H3,(H,18,21)(H,19,22). The van der Waals surface area contributed by atoms with Crippen LogP contribution in [-0.4, -0.2) is 42.9 Å². The van der Waals surface area contributed by atoms with Crippen LogP contribution in [0.4, 0.5) is 10.1 Å². The lowest BCUT2D eigenvalue weighted by Gasteiger charge is -2.18. The van der Waals surface area contributed by atoms with E-state index >= 15 is 0 Å². The fraction of sp³-hybridized carbons (Fsp3) is 0.500. The topological polar surface area (TPSA) is 61.4 Å². The van der Waals surface area contributed by atoms with Crippen molar-refractivity contribution in [3.63, 3.8) is 0 Å². The largest absolute Gasteiger partial charge is 0.353 e. The Labute approximate surface area is 130 Å². The van der Waals surface area contributed by atoms with Crippen LogP contribution in [0.5, 0.6) is 0 Å². The summed E-state index contributed by atoms with van der Waals surface area (Å²) in [7, 11) is 1.70. The third-order valence-corrected chi connectivity index (χ3v) is 3.08. The summed E-state index contributed by atoms with van der Waals surface area (Å²) in [5.41, 5.74) is 0.529. The molecule has 1 atom stereocenters. The number of carbonyl (C=O) groups is 2. The monoisotopic (exact) mass is 309 g/mol. The van der Waals surface area contributed by atoms with Gasteiger partial charge in [0.05, 0.1) is 13.1 Å². The zero-order valence-corrected chi connectivity index (χ0v) is 13.4. The Bertz CT molecular complexity index is 491. The Morgan fingerprint density at radius 3 is 2.36 bits per heavy atom. The number of anilines is 1. The summed E-state index contributed by atoms with van der Waals surface area (Å²) in [5, 5.41) is 5.54. The Morgan fingerprint density at radius 2 is 1.77 bits per heavy atom. The molecule has 0 aromatic heterocycles. The van der Waals surface area contributed by atoms with Gasteiger partial charge in [-0.25, -0.2) is 4.39 Å². The number of likely N-dealkylation sites (N-methyl/N-ethyl adjacent to an activating group) is 1. The van der Waals surface area contributed by atoms with Gasteiger partial charge in [-0.05, 0) is 44.7 Å². The van der Waals surface area contributed by atoms with E-state index in [9.17, 15) is 14.0 Å². The van der Waals surface area contributed by atoms with Crippen molar-refractivity contribution in [2.45, 2.75) is 32.7 Å². The quantitative estimate of drug-likeness (QED) is 0.772. The summed E-state index contributed by atoms with van der Waals surface area (Å²) in [5.74, 6) is -0.700. The minimum absolute atomic E-state index is 0.0902.